The van der Waals surface area contributed by atoms with Crippen molar-refractivity contribution in [1.82, 2.24) is 19.6 Å². The predicted octanol–water partition coefficient (Wildman–Crippen LogP) is 3.95. The van der Waals surface area contributed by atoms with Crippen molar-refractivity contribution in [3.8, 4) is 17.3 Å². The van der Waals surface area contributed by atoms with Crippen LogP contribution < -0.4 is 0 Å². The van der Waals surface area contributed by atoms with Gasteiger partial charge < -0.3 is 14.6 Å². The van der Waals surface area contributed by atoms with E-state index in [9.17, 15) is 15.5 Å². The number of aliphatic hydroxyl groups is 2. The summed E-state index contributed by atoms with van der Waals surface area (Å²) in [6, 6.07) is 15.8. The summed E-state index contributed by atoms with van der Waals surface area (Å²) in [7, 11) is 0. The maximum atomic E-state index is 10.4. The summed E-state index contributed by atoms with van der Waals surface area (Å²) >= 11 is 6.02. The summed E-state index contributed by atoms with van der Waals surface area (Å²) < 4.78 is 7.61. The molecule has 2 aliphatic rings. The van der Waals surface area contributed by atoms with E-state index in [4.69, 9.17) is 16.0 Å². The zero-order valence-electron chi connectivity index (χ0n) is 20.8. The normalized spacial score (nSPS) is 17.8. The number of halogens is 1. The Bertz CT molecular complexity index is 1530. The number of aromatic nitrogens is 2. The van der Waals surface area contributed by atoms with E-state index >= 15 is 0 Å². The number of likely N-dealkylation sites (tertiary alicyclic amines) is 1. The van der Waals surface area contributed by atoms with Crippen molar-refractivity contribution < 1.29 is 14.6 Å². The van der Waals surface area contributed by atoms with Crippen molar-refractivity contribution in [2.45, 2.75) is 25.3 Å². The summed E-state index contributed by atoms with van der Waals surface area (Å²) in [5.41, 5.74) is 6.23. The molecule has 2 aromatic carbocycles. The molecule has 194 valence electrons. The highest BCUT2D eigenvalue weighted by Crippen LogP contribution is 2.30. The fourth-order valence-electron chi connectivity index (χ4n) is 5.20. The zero-order chi connectivity index (χ0) is 26.2. The first-order valence-electron chi connectivity index (χ1n) is 12.7. The van der Waals surface area contributed by atoms with Gasteiger partial charge in [0.15, 0.2) is 0 Å². The van der Waals surface area contributed by atoms with Crippen molar-refractivity contribution in [2.24, 2.45) is 0 Å². The van der Waals surface area contributed by atoms with E-state index < -0.39 is 6.23 Å². The third kappa shape index (κ3) is 4.99. The smallest absolute Gasteiger partial charge is 0.134 e. The highest BCUT2D eigenvalue weighted by atomic mass is 35.5. The molecule has 4 aromatic rings. The Hall–Kier alpha value is -3.45. The maximum absolute atomic E-state index is 10.4. The molecular formula is C29H28ClN5O3. The lowest BCUT2D eigenvalue weighted by molar-refractivity contribution is -0.108. The monoisotopic (exact) mass is 529 g/mol. The van der Waals surface area contributed by atoms with Crippen LogP contribution in [0.25, 0.3) is 27.8 Å². The van der Waals surface area contributed by atoms with Crippen molar-refractivity contribution in [2.75, 3.05) is 32.7 Å². The van der Waals surface area contributed by atoms with Gasteiger partial charge in [-0.05, 0) is 41.8 Å². The summed E-state index contributed by atoms with van der Waals surface area (Å²) in [6.45, 7) is 3.79. The number of aliphatic hydroxyl groups excluding tert-OH is 2. The van der Waals surface area contributed by atoms with Gasteiger partial charge in [0.05, 0.1) is 24.5 Å². The summed E-state index contributed by atoms with van der Waals surface area (Å²) in [4.78, 5) is 4.14. The number of hydrogen-bond donors (Lipinski definition) is 2. The van der Waals surface area contributed by atoms with E-state index in [0.717, 1.165) is 47.2 Å². The second-order valence-corrected chi connectivity index (χ2v) is 10.4. The van der Waals surface area contributed by atoms with Gasteiger partial charge in [0.1, 0.15) is 23.6 Å². The van der Waals surface area contributed by atoms with Crippen molar-refractivity contribution in [3.05, 3.63) is 82.7 Å². The zero-order valence-corrected chi connectivity index (χ0v) is 21.6. The van der Waals surface area contributed by atoms with Crippen molar-refractivity contribution >= 4 is 28.1 Å². The number of β-amino-alcohol motifs (C(OH)–C–C–N with tert-alkyl or cyclic N) is 2. The molecule has 2 aliphatic heterocycles. The van der Waals surface area contributed by atoms with Crippen LogP contribution >= 0.6 is 11.6 Å². The summed E-state index contributed by atoms with van der Waals surface area (Å²) in [5.74, 6) is 0. The lowest BCUT2D eigenvalue weighted by Gasteiger charge is -2.41. The second-order valence-electron chi connectivity index (χ2n) is 10.0. The molecule has 0 radical (unpaired) electrons. The molecule has 0 aliphatic carbocycles. The molecule has 1 unspecified atom stereocenters. The van der Waals surface area contributed by atoms with Gasteiger partial charge in [0.25, 0.3) is 0 Å². The first kappa shape index (κ1) is 24.9. The molecule has 8 nitrogen and oxygen atoms in total. The van der Waals surface area contributed by atoms with Crippen LogP contribution in [0, 0.1) is 11.3 Å². The molecule has 2 N–H and O–H groups in total. The van der Waals surface area contributed by atoms with Gasteiger partial charge in [-0.3, -0.25) is 14.5 Å². The van der Waals surface area contributed by atoms with Gasteiger partial charge in [0, 0.05) is 60.5 Å². The van der Waals surface area contributed by atoms with Crippen LogP contribution in [-0.2, 0) is 6.54 Å². The van der Waals surface area contributed by atoms with Gasteiger partial charge in [-0.25, -0.2) is 0 Å². The van der Waals surface area contributed by atoms with E-state index in [1.54, 1.807) is 29.3 Å². The molecular weight excluding hydrogens is 502 g/mol. The van der Waals surface area contributed by atoms with Gasteiger partial charge in [-0.15, -0.1) is 0 Å². The second kappa shape index (κ2) is 10.4. The molecule has 0 amide bonds. The number of nitrogens with zero attached hydrogens (tertiary/aromatic N) is 5. The van der Waals surface area contributed by atoms with Crippen LogP contribution in [0.1, 0.15) is 23.1 Å². The predicted molar refractivity (Wildman–Crippen MR) is 145 cm³/mol. The Kier molecular flexibility index (Phi) is 6.78. The Labute approximate surface area is 225 Å². The lowest BCUT2D eigenvalue weighted by Crippen LogP contribution is -2.58. The van der Waals surface area contributed by atoms with Gasteiger partial charge in [0.2, 0.25) is 0 Å². The Morgan fingerprint density at radius 1 is 1.16 bits per heavy atom. The minimum absolute atomic E-state index is 0.313. The first-order chi connectivity index (χ1) is 18.5. The average Bonchev–Trinajstić information content (AvgIpc) is 3.51. The Morgan fingerprint density at radius 2 is 1.95 bits per heavy atom. The van der Waals surface area contributed by atoms with Gasteiger partial charge in [-0.2, -0.15) is 10.4 Å². The van der Waals surface area contributed by atoms with Gasteiger partial charge >= 0.3 is 0 Å². The average molecular weight is 530 g/mol. The largest absolute Gasteiger partial charge is 0.464 e. The van der Waals surface area contributed by atoms with Crippen LogP contribution in [0.4, 0.5) is 0 Å². The third-order valence-corrected chi connectivity index (χ3v) is 7.64. The van der Waals surface area contributed by atoms with Crippen LogP contribution in [0.15, 0.2) is 65.4 Å². The molecule has 9 heteroatoms. The van der Waals surface area contributed by atoms with Crippen molar-refractivity contribution in [1.29, 1.82) is 5.26 Å². The SMILES string of the molecule is N#Cc1cn(Cc2coc3ccc(C4=CCN(CC(O)N5CC(O)C5)CC4)cc23)nc1-c1ccc(Cl)cc1. The van der Waals surface area contributed by atoms with Gasteiger partial charge in [-0.1, -0.05) is 35.9 Å². The minimum Gasteiger partial charge on any atom is -0.464 e. The molecule has 0 saturated carbocycles. The fraction of sp³-hybridized carbons (Fsp3) is 0.310. The highest BCUT2D eigenvalue weighted by Gasteiger charge is 2.31. The number of benzene rings is 2. The number of rotatable bonds is 7. The number of nitriles is 1. The quantitative estimate of drug-likeness (QED) is 0.374. The van der Waals surface area contributed by atoms with Crippen LogP contribution in [0.3, 0.4) is 0 Å². The third-order valence-electron chi connectivity index (χ3n) is 7.38. The standard InChI is InChI=1S/C29H28ClN5O3/c30-24-4-1-20(2-5-24)29-22(12-31)13-35(32-29)14-23-18-38-27-6-3-21(11-26(23)27)19-7-9-33(10-8-19)17-28(37)34-15-25(36)16-34/h1-7,11,13,18,25,28,36-37H,8-10,14-17H2. The Morgan fingerprint density at radius 3 is 2.66 bits per heavy atom. The molecule has 38 heavy (non-hydrogen) atoms. The summed E-state index contributed by atoms with van der Waals surface area (Å²) in [6.07, 6.45) is 5.79. The molecule has 1 fully saturated rings. The molecule has 0 bridgehead atoms. The van der Waals surface area contributed by atoms with E-state index in [0.29, 0.717) is 42.5 Å². The minimum atomic E-state index is -0.540. The molecule has 1 atom stereocenters. The highest BCUT2D eigenvalue weighted by molar-refractivity contribution is 6.30. The van der Waals surface area contributed by atoms with E-state index in [2.05, 4.69) is 34.3 Å². The number of hydrogen-bond acceptors (Lipinski definition) is 7. The number of furan rings is 1. The fourth-order valence-corrected chi connectivity index (χ4v) is 5.33. The molecule has 2 aromatic heterocycles. The van der Waals surface area contributed by atoms with E-state index in [1.165, 1.54) is 5.57 Å². The molecule has 1 saturated heterocycles. The summed E-state index contributed by atoms with van der Waals surface area (Å²) in [5, 5.41) is 35.9. The topological polar surface area (TPSA) is 102 Å². The van der Waals surface area contributed by atoms with Crippen LogP contribution in [0.5, 0.6) is 0 Å². The molecule has 0 spiro atoms. The molecule has 6 rings (SSSR count). The Balaban J connectivity index is 1.18. The molecule has 4 heterocycles. The lowest BCUT2D eigenvalue weighted by atomic mass is 9.97. The number of fused-ring (bicyclic) bond motifs is 1. The van der Waals surface area contributed by atoms with E-state index in [-0.39, 0.29) is 6.10 Å². The van der Waals surface area contributed by atoms with E-state index in [1.807, 2.05) is 23.1 Å². The maximum Gasteiger partial charge on any atom is 0.134 e. The first-order valence-corrected chi connectivity index (χ1v) is 13.1. The van der Waals surface area contributed by atoms with Crippen LogP contribution in [-0.4, -0.2) is 74.8 Å². The van der Waals surface area contributed by atoms with Crippen LogP contribution in [0.2, 0.25) is 5.02 Å². The van der Waals surface area contributed by atoms with Crippen molar-refractivity contribution in [3.63, 3.8) is 0 Å².